The van der Waals surface area contributed by atoms with Crippen molar-refractivity contribution in [2.45, 2.75) is 25.9 Å². The Hall–Kier alpha value is -2.12. The van der Waals surface area contributed by atoms with Gasteiger partial charge in [-0.15, -0.1) is 0 Å². The maximum Gasteiger partial charge on any atom is 0.161 e. The molecule has 0 aliphatic carbocycles. The van der Waals surface area contributed by atoms with Crippen LogP contribution >= 0.6 is 0 Å². The van der Waals surface area contributed by atoms with Gasteiger partial charge in [-0.3, -0.25) is 15.5 Å². The lowest BCUT2D eigenvalue weighted by Gasteiger charge is -2.21. The van der Waals surface area contributed by atoms with E-state index in [1.807, 2.05) is 10.7 Å². The van der Waals surface area contributed by atoms with Crippen LogP contribution in [0.3, 0.4) is 0 Å². The van der Waals surface area contributed by atoms with Crippen LogP contribution in [0.4, 0.5) is 0 Å². The Bertz CT molecular complexity index is 584. The summed E-state index contributed by atoms with van der Waals surface area (Å²) in [5.74, 6) is 7.13. The number of ether oxygens (including phenoxy) is 2. The van der Waals surface area contributed by atoms with E-state index in [1.54, 1.807) is 32.8 Å². The summed E-state index contributed by atoms with van der Waals surface area (Å²) in [6.45, 7) is 2.88. The molecule has 0 fully saturated rings. The van der Waals surface area contributed by atoms with Gasteiger partial charge in [-0.1, -0.05) is 6.92 Å². The van der Waals surface area contributed by atoms with Crippen molar-refractivity contribution in [3.8, 4) is 11.5 Å². The van der Waals surface area contributed by atoms with Gasteiger partial charge in [0.1, 0.15) is 11.4 Å². The first-order chi connectivity index (χ1) is 10.3. The average Bonchev–Trinajstić information content (AvgIpc) is 2.92. The highest BCUT2D eigenvalue weighted by Gasteiger charge is 2.25. The van der Waals surface area contributed by atoms with E-state index in [9.17, 15) is 0 Å². The van der Waals surface area contributed by atoms with Crippen LogP contribution in [0.15, 0.2) is 24.7 Å². The number of rotatable bonds is 7. The second-order valence-corrected chi connectivity index (χ2v) is 4.54. The van der Waals surface area contributed by atoms with Gasteiger partial charge in [0.15, 0.2) is 5.75 Å². The van der Waals surface area contributed by atoms with Crippen molar-refractivity contribution >= 4 is 0 Å². The summed E-state index contributed by atoms with van der Waals surface area (Å²) in [7, 11) is 3.23. The van der Waals surface area contributed by atoms with Gasteiger partial charge in [-0.25, -0.2) is 5.43 Å². The molecule has 2 aromatic rings. The van der Waals surface area contributed by atoms with Crippen molar-refractivity contribution in [2.75, 3.05) is 14.2 Å². The summed E-state index contributed by atoms with van der Waals surface area (Å²) < 4.78 is 12.7. The molecule has 114 valence electrons. The standard InChI is InChI=1S/C14H21N5O2/c1-4-7-19-14(12(21-3)9-17-19)13(18-15)10-5-6-16-8-11(10)20-2/h5-6,8-9,13,18H,4,7,15H2,1-3H3. The number of hydrazine groups is 1. The van der Waals surface area contributed by atoms with E-state index in [0.29, 0.717) is 11.5 Å². The van der Waals surface area contributed by atoms with Crippen LogP contribution in [0, 0.1) is 0 Å². The van der Waals surface area contributed by atoms with Gasteiger partial charge in [-0.2, -0.15) is 5.10 Å². The third kappa shape index (κ3) is 2.98. The molecule has 0 bridgehead atoms. The summed E-state index contributed by atoms with van der Waals surface area (Å²) in [6, 6.07) is 1.57. The predicted molar refractivity (Wildman–Crippen MR) is 79.0 cm³/mol. The third-order valence-electron chi connectivity index (χ3n) is 3.29. The lowest BCUT2D eigenvalue weighted by atomic mass is 10.0. The van der Waals surface area contributed by atoms with Crippen LogP contribution in [-0.4, -0.2) is 29.0 Å². The number of hydrogen-bond acceptors (Lipinski definition) is 6. The molecule has 0 aliphatic heterocycles. The summed E-state index contributed by atoms with van der Waals surface area (Å²) in [5.41, 5.74) is 4.57. The van der Waals surface area contributed by atoms with Gasteiger partial charge in [0.05, 0.1) is 32.7 Å². The fraction of sp³-hybridized carbons (Fsp3) is 0.429. The second kappa shape index (κ2) is 7.05. The largest absolute Gasteiger partial charge is 0.495 e. The van der Waals surface area contributed by atoms with Crippen LogP contribution in [-0.2, 0) is 6.54 Å². The molecule has 2 rings (SSSR count). The normalized spacial score (nSPS) is 12.2. The lowest BCUT2D eigenvalue weighted by Crippen LogP contribution is -2.31. The van der Waals surface area contributed by atoms with Crippen LogP contribution < -0.4 is 20.7 Å². The summed E-state index contributed by atoms with van der Waals surface area (Å²) in [4.78, 5) is 4.07. The molecular formula is C14H21N5O2. The Morgan fingerprint density at radius 3 is 2.67 bits per heavy atom. The van der Waals surface area contributed by atoms with Crippen LogP contribution in [0.1, 0.15) is 30.6 Å². The van der Waals surface area contributed by atoms with Gasteiger partial charge >= 0.3 is 0 Å². The van der Waals surface area contributed by atoms with E-state index in [4.69, 9.17) is 15.3 Å². The van der Waals surface area contributed by atoms with E-state index in [1.165, 1.54) is 0 Å². The summed E-state index contributed by atoms with van der Waals surface area (Å²) in [6.07, 6.45) is 6.02. The number of nitrogens with one attached hydrogen (secondary N) is 1. The first-order valence-electron chi connectivity index (χ1n) is 6.80. The van der Waals surface area contributed by atoms with Gasteiger partial charge in [0.2, 0.25) is 0 Å². The second-order valence-electron chi connectivity index (χ2n) is 4.54. The minimum absolute atomic E-state index is 0.299. The molecule has 0 aliphatic rings. The van der Waals surface area contributed by atoms with Crippen molar-refractivity contribution in [1.82, 2.24) is 20.2 Å². The molecule has 3 N–H and O–H groups in total. The van der Waals surface area contributed by atoms with Crippen molar-refractivity contribution in [1.29, 1.82) is 0 Å². The van der Waals surface area contributed by atoms with E-state index < -0.39 is 0 Å². The number of aryl methyl sites for hydroxylation is 1. The number of nitrogens with two attached hydrogens (primary N) is 1. The third-order valence-corrected chi connectivity index (χ3v) is 3.29. The highest BCUT2D eigenvalue weighted by molar-refractivity contribution is 5.42. The molecule has 2 heterocycles. The maximum atomic E-state index is 5.79. The van der Waals surface area contributed by atoms with Gasteiger partial charge in [0.25, 0.3) is 0 Å². The fourth-order valence-electron chi connectivity index (χ4n) is 2.33. The Morgan fingerprint density at radius 2 is 2.05 bits per heavy atom. The monoisotopic (exact) mass is 291 g/mol. The Morgan fingerprint density at radius 1 is 1.29 bits per heavy atom. The van der Waals surface area contributed by atoms with Crippen LogP contribution in [0.5, 0.6) is 11.5 Å². The highest BCUT2D eigenvalue weighted by Crippen LogP contribution is 2.33. The zero-order valence-electron chi connectivity index (χ0n) is 12.5. The summed E-state index contributed by atoms with van der Waals surface area (Å²) >= 11 is 0. The fourth-order valence-corrected chi connectivity index (χ4v) is 2.33. The van der Waals surface area contributed by atoms with Gasteiger partial charge in [0, 0.05) is 18.3 Å². The van der Waals surface area contributed by atoms with Crippen LogP contribution in [0.2, 0.25) is 0 Å². The summed E-state index contributed by atoms with van der Waals surface area (Å²) in [5, 5.41) is 4.37. The Balaban J connectivity index is 2.52. The molecule has 0 amide bonds. The van der Waals surface area contributed by atoms with E-state index in [-0.39, 0.29) is 6.04 Å². The molecule has 0 saturated heterocycles. The number of methoxy groups -OCH3 is 2. The van der Waals surface area contributed by atoms with E-state index in [2.05, 4.69) is 22.4 Å². The topological polar surface area (TPSA) is 87.2 Å². The van der Waals surface area contributed by atoms with E-state index >= 15 is 0 Å². The highest BCUT2D eigenvalue weighted by atomic mass is 16.5. The van der Waals surface area contributed by atoms with Crippen LogP contribution in [0.25, 0.3) is 0 Å². The van der Waals surface area contributed by atoms with Crippen molar-refractivity contribution in [3.05, 3.63) is 35.9 Å². The molecule has 0 aromatic carbocycles. The minimum Gasteiger partial charge on any atom is -0.495 e. The quantitative estimate of drug-likeness (QED) is 0.590. The maximum absolute atomic E-state index is 5.79. The molecule has 2 aromatic heterocycles. The first-order valence-corrected chi connectivity index (χ1v) is 6.80. The molecular weight excluding hydrogens is 270 g/mol. The lowest BCUT2D eigenvalue weighted by molar-refractivity contribution is 0.386. The van der Waals surface area contributed by atoms with E-state index in [0.717, 1.165) is 24.2 Å². The zero-order valence-corrected chi connectivity index (χ0v) is 12.5. The Labute approximate surface area is 124 Å². The molecule has 1 atom stereocenters. The number of nitrogens with zero attached hydrogens (tertiary/aromatic N) is 3. The minimum atomic E-state index is -0.299. The van der Waals surface area contributed by atoms with Gasteiger partial charge in [-0.05, 0) is 12.5 Å². The molecule has 7 nitrogen and oxygen atoms in total. The van der Waals surface area contributed by atoms with Gasteiger partial charge < -0.3 is 9.47 Å². The smallest absolute Gasteiger partial charge is 0.161 e. The van der Waals surface area contributed by atoms with Crippen molar-refractivity contribution in [3.63, 3.8) is 0 Å². The predicted octanol–water partition coefficient (Wildman–Crippen LogP) is 1.26. The SMILES string of the molecule is CCCn1ncc(OC)c1C(NN)c1ccncc1OC. The molecule has 0 radical (unpaired) electrons. The number of aromatic nitrogens is 3. The first kappa shape index (κ1) is 15.3. The molecule has 0 spiro atoms. The molecule has 21 heavy (non-hydrogen) atoms. The molecule has 1 unspecified atom stereocenters. The Kier molecular flexibility index (Phi) is 5.13. The number of pyridine rings is 1. The molecule has 0 saturated carbocycles. The average molecular weight is 291 g/mol. The van der Waals surface area contributed by atoms with Crippen molar-refractivity contribution in [2.24, 2.45) is 5.84 Å². The molecule has 7 heteroatoms. The number of hydrogen-bond donors (Lipinski definition) is 2. The van der Waals surface area contributed by atoms with Crippen molar-refractivity contribution < 1.29 is 9.47 Å². The zero-order chi connectivity index (χ0) is 15.2.